The summed E-state index contributed by atoms with van der Waals surface area (Å²) in [7, 11) is 5.91. The Morgan fingerprint density at radius 3 is 2.65 bits per heavy atom. The molecule has 1 aromatic heterocycles. The van der Waals surface area contributed by atoms with Crippen molar-refractivity contribution in [2.45, 2.75) is 13.1 Å². The predicted molar refractivity (Wildman–Crippen MR) is 81.4 cm³/mol. The number of hydrogen-bond donors (Lipinski definition) is 0. The highest BCUT2D eigenvalue weighted by atomic mass is 16.5. The summed E-state index contributed by atoms with van der Waals surface area (Å²) < 4.78 is 5.34. The molecule has 3 rings (SSSR count). The van der Waals surface area contributed by atoms with Crippen LogP contribution in [0, 0.1) is 0 Å². The van der Waals surface area contributed by atoms with Gasteiger partial charge in [-0.1, -0.05) is 6.07 Å². The zero-order chi connectivity index (χ0) is 14.1. The number of methoxy groups -OCH3 is 1. The minimum atomic E-state index is 0.820. The van der Waals surface area contributed by atoms with Crippen LogP contribution in [-0.2, 0) is 13.1 Å². The van der Waals surface area contributed by atoms with Crippen LogP contribution < -0.4 is 14.5 Å². The van der Waals surface area contributed by atoms with Gasteiger partial charge in [0.25, 0.3) is 0 Å². The Kier molecular flexibility index (Phi) is 3.22. The Morgan fingerprint density at radius 1 is 1.05 bits per heavy atom. The molecule has 1 aliphatic heterocycles. The van der Waals surface area contributed by atoms with Gasteiger partial charge in [-0.25, -0.2) is 4.98 Å². The molecule has 0 aliphatic carbocycles. The quantitative estimate of drug-likeness (QED) is 0.796. The van der Waals surface area contributed by atoms with E-state index in [9.17, 15) is 0 Å². The van der Waals surface area contributed by atoms with Crippen molar-refractivity contribution in [3.63, 3.8) is 0 Å². The fourth-order valence-electron chi connectivity index (χ4n) is 2.76. The zero-order valence-corrected chi connectivity index (χ0v) is 12.1. The summed E-state index contributed by atoms with van der Waals surface area (Å²) in [5, 5.41) is 0. The molecule has 4 nitrogen and oxygen atoms in total. The Balaban J connectivity index is 2.07. The third kappa shape index (κ3) is 2.18. The Hall–Kier alpha value is -2.23. The Labute approximate surface area is 119 Å². The van der Waals surface area contributed by atoms with Crippen LogP contribution in [0.4, 0.5) is 11.5 Å². The van der Waals surface area contributed by atoms with Crippen LogP contribution in [0.3, 0.4) is 0 Å². The van der Waals surface area contributed by atoms with Gasteiger partial charge in [-0.3, -0.25) is 0 Å². The second kappa shape index (κ2) is 5.04. The molecule has 0 saturated heterocycles. The molecule has 0 radical (unpaired) electrons. The van der Waals surface area contributed by atoms with Crippen LogP contribution >= 0.6 is 0 Å². The van der Waals surface area contributed by atoms with Gasteiger partial charge >= 0.3 is 0 Å². The van der Waals surface area contributed by atoms with Gasteiger partial charge in [0.15, 0.2) is 0 Å². The molecular formula is C16H19N3O. The number of rotatable bonds is 1. The largest absolute Gasteiger partial charge is 0.497 e. The third-order valence-corrected chi connectivity index (χ3v) is 3.74. The van der Waals surface area contributed by atoms with Gasteiger partial charge in [0.05, 0.1) is 7.11 Å². The van der Waals surface area contributed by atoms with Crippen molar-refractivity contribution in [2.24, 2.45) is 0 Å². The topological polar surface area (TPSA) is 28.6 Å². The van der Waals surface area contributed by atoms with Crippen LogP contribution in [0.2, 0.25) is 0 Å². The molecule has 2 aromatic rings. The molecule has 1 aliphatic rings. The van der Waals surface area contributed by atoms with Crippen LogP contribution in [-0.4, -0.2) is 26.2 Å². The average Bonchev–Trinajstić information content (AvgIpc) is 2.46. The minimum absolute atomic E-state index is 0.820. The first-order chi connectivity index (χ1) is 9.69. The first-order valence-corrected chi connectivity index (χ1v) is 6.72. The lowest BCUT2D eigenvalue weighted by atomic mass is 10.1. The number of ether oxygens (including phenoxy) is 1. The van der Waals surface area contributed by atoms with Crippen molar-refractivity contribution in [3.8, 4) is 5.75 Å². The summed E-state index contributed by atoms with van der Waals surface area (Å²) in [6, 6.07) is 10.4. The lowest BCUT2D eigenvalue weighted by Gasteiger charge is -2.31. The van der Waals surface area contributed by atoms with Crippen molar-refractivity contribution in [3.05, 3.63) is 47.7 Å². The summed E-state index contributed by atoms with van der Waals surface area (Å²) in [4.78, 5) is 8.98. The van der Waals surface area contributed by atoms with Gasteiger partial charge in [-0.05, 0) is 29.8 Å². The Bertz CT molecular complexity index is 627. The number of benzene rings is 1. The van der Waals surface area contributed by atoms with E-state index in [1.54, 1.807) is 7.11 Å². The first kappa shape index (κ1) is 12.8. The zero-order valence-electron chi connectivity index (χ0n) is 12.1. The number of fused-ring (bicyclic) bond motifs is 2. The smallest absolute Gasteiger partial charge is 0.133 e. The second-order valence-electron chi connectivity index (χ2n) is 5.19. The number of aromatic nitrogens is 1. The van der Waals surface area contributed by atoms with E-state index >= 15 is 0 Å². The number of nitrogens with zero attached hydrogens (tertiary/aromatic N) is 3. The molecule has 2 heterocycles. The fraction of sp³-hybridized carbons (Fsp3) is 0.312. The molecule has 0 amide bonds. The minimum Gasteiger partial charge on any atom is -0.497 e. The average molecular weight is 269 g/mol. The van der Waals surface area contributed by atoms with Crippen LogP contribution in [0.15, 0.2) is 36.5 Å². The van der Waals surface area contributed by atoms with E-state index in [2.05, 4.69) is 47.1 Å². The molecule has 0 N–H and O–H groups in total. The maximum Gasteiger partial charge on any atom is 0.133 e. The molecule has 20 heavy (non-hydrogen) atoms. The monoisotopic (exact) mass is 269 g/mol. The molecule has 0 spiro atoms. The fourth-order valence-corrected chi connectivity index (χ4v) is 2.76. The van der Waals surface area contributed by atoms with Gasteiger partial charge in [-0.15, -0.1) is 0 Å². The van der Waals surface area contributed by atoms with Gasteiger partial charge < -0.3 is 14.5 Å². The normalized spacial score (nSPS) is 14.2. The number of anilines is 2. The van der Waals surface area contributed by atoms with E-state index in [-0.39, 0.29) is 0 Å². The van der Waals surface area contributed by atoms with E-state index in [4.69, 9.17) is 4.74 Å². The summed E-state index contributed by atoms with van der Waals surface area (Å²) in [5.41, 5.74) is 3.75. The molecule has 0 fully saturated rings. The molecule has 0 saturated carbocycles. The standard InChI is InChI=1S/C16H19N3O/c1-18-10-12-5-4-8-17-16(12)19(2)11-13-9-14(20-3)6-7-15(13)18/h4-9H,10-11H2,1-3H3. The van der Waals surface area contributed by atoms with E-state index in [0.717, 1.165) is 24.7 Å². The number of hydrogen-bond acceptors (Lipinski definition) is 4. The first-order valence-electron chi connectivity index (χ1n) is 6.72. The summed E-state index contributed by atoms with van der Waals surface area (Å²) >= 11 is 0. The summed E-state index contributed by atoms with van der Waals surface area (Å²) in [6.07, 6.45) is 1.85. The third-order valence-electron chi connectivity index (χ3n) is 3.74. The molecular weight excluding hydrogens is 250 g/mol. The molecule has 0 atom stereocenters. The van der Waals surface area contributed by atoms with Gasteiger partial charge in [-0.2, -0.15) is 0 Å². The summed E-state index contributed by atoms with van der Waals surface area (Å²) in [6.45, 7) is 1.67. The van der Waals surface area contributed by atoms with Gasteiger partial charge in [0.1, 0.15) is 11.6 Å². The van der Waals surface area contributed by atoms with Gasteiger partial charge in [0.2, 0.25) is 0 Å². The molecule has 0 unspecified atom stereocenters. The maximum atomic E-state index is 5.34. The lowest BCUT2D eigenvalue weighted by Crippen LogP contribution is -2.27. The lowest BCUT2D eigenvalue weighted by molar-refractivity contribution is 0.414. The molecule has 1 aromatic carbocycles. The predicted octanol–water partition coefficient (Wildman–Crippen LogP) is 2.68. The summed E-state index contributed by atoms with van der Waals surface area (Å²) in [5.74, 6) is 1.94. The van der Waals surface area contributed by atoms with Crippen molar-refractivity contribution in [2.75, 3.05) is 31.0 Å². The highest BCUT2D eigenvalue weighted by Crippen LogP contribution is 2.31. The van der Waals surface area contributed by atoms with E-state index in [0.29, 0.717) is 0 Å². The van der Waals surface area contributed by atoms with Crippen LogP contribution in [0.25, 0.3) is 0 Å². The van der Waals surface area contributed by atoms with Crippen molar-refractivity contribution < 1.29 is 4.74 Å². The van der Waals surface area contributed by atoms with Crippen LogP contribution in [0.5, 0.6) is 5.75 Å². The molecule has 4 heteroatoms. The van der Waals surface area contributed by atoms with E-state index in [1.807, 2.05) is 18.3 Å². The highest BCUT2D eigenvalue weighted by molar-refractivity contribution is 5.61. The number of pyridine rings is 1. The van der Waals surface area contributed by atoms with Crippen LogP contribution in [0.1, 0.15) is 11.1 Å². The maximum absolute atomic E-state index is 5.34. The SMILES string of the molecule is COc1ccc2c(c1)CN(C)c1ncccc1CN2C. The Morgan fingerprint density at radius 2 is 1.85 bits per heavy atom. The van der Waals surface area contributed by atoms with Crippen molar-refractivity contribution in [1.82, 2.24) is 4.98 Å². The second-order valence-corrected chi connectivity index (χ2v) is 5.19. The van der Waals surface area contributed by atoms with E-state index < -0.39 is 0 Å². The van der Waals surface area contributed by atoms with Gasteiger partial charge in [0, 0.05) is 44.6 Å². The highest BCUT2D eigenvalue weighted by Gasteiger charge is 2.18. The van der Waals surface area contributed by atoms with E-state index in [1.165, 1.54) is 16.8 Å². The molecule has 0 bridgehead atoms. The molecule has 104 valence electrons. The van der Waals surface area contributed by atoms with Crippen molar-refractivity contribution in [1.29, 1.82) is 0 Å². The van der Waals surface area contributed by atoms with Crippen molar-refractivity contribution >= 4 is 11.5 Å².